The van der Waals surface area contributed by atoms with Gasteiger partial charge in [-0.1, -0.05) is 12.1 Å². The first kappa shape index (κ1) is 11.3. The third kappa shape index (κ3) is 2.13. The van der Waals surface area contributed by atoms with Crippen LogP contribution in [-0.2, 0) is 0 Å². The number of pyridine rings is 1. The van der Waals surface area contributed by atoms with Gasteiger partial charge in [0, 0.05) is 17.1 Å². The average molecular weight is 251 g/mol. The predicted molar refractivity (Wildman–Crippen MR) is 69.7 cm³/mol. The summed E-state index contributed by atoms with van der Waals surface area (Å²) in [4.78, 5) is 22.9. The molecule has 0 atom stereocenters. The molecule has 0 radical (unpaired) electrons. The number of hydrogen-bond donors (Lipinski definition) is 1. The van der Waals surface area contributed by atoms with E-state index in [0.29, 0.717) is 5.69 Å². The van der Waals surface area contributed by atoms with E-state index < -0.39 is 5.97 Å². The molecule has 0 saturated carbocycles. The third-order valence-electron chi connectivity index (χ3n) is 2.78. The summed E-state index contributed by atoms with van der Waals surface area (Å²) < 4.78 is 0. The van der Waals surface area contributed by atoms with Crippen molar-refractivity contribution >= 4 is 16.9 Å². The van der Waals surface area contributed by atoms with Gasteiger partial charge in [-0.25, -0.2) is 14.8 Å². The number of aromatic nitrogens is 3. The molecule has 5 heteroatoms. The number of rotatable bonds is 2. The Morgan fingerprint density at radius 3 is 2.79 bits per heavy atom. The fourth-order valence-electron chi connectivity index (χ4n) is 1.87. The topological polar surface area (TPSA) is 76.0 Å². The highest BCUT2D eigenvalue weighted by atomic mass is 16.4. The summed E-state index contributed by atoms with van der Waals surface area (Å²) in [6, 6.07) is 10.9. The van der Waals surface area contributed by atoms with Crippen molar-refractivity contribution in [1.82, 2.24) is 15.0 Å². The molecule has 3 aromatic rings. The fourth-order valence-corrected chi connectivity index (χ4v) is 1.87. The molecular weight excluding hydrogens is 242 g/mol. The molecule has 2 aromatic heterocycles. The number of nitrogens with zero attached hydrogens (tertiary/aromatic N) is 3. The maximum atomic E-state index is 10.9. The number of benzene rings is 1. The van der Waals surface area contributed by atoms with Crippen LogP contribution in [0.15, 0.2) is 48.9 Å². The fraction of sp³-hybridized carbons (Fsp3) is 0. The number of aromatic carboxylic acids is 1. The lowest BCUT2D eigenvalue weighted by Crippen LogP contribution is -2.01. The predicted octanol–water partition coefficient (Wildman–Crippen LogP) is 2.39. The first-order valence-corrected chi connectivity index (χ1v) is 5.64. The second-order valence-electron chi connectivity index (χ2n) is 4.00. The van der Waals surface area contributed by atoms with E-state index in [1.54, 1.807) is 6.20 Å². The maximum absolute atomic E-state index is 10.9. The second-order valence-corrected chi connectivity index (χ2v) is 4.00. The SMILES string of the molecule is O=C(O)c1cc(-c2ccc3ncccc3c2)ncn1. The lowest BCUT2D eigenvalue weighted by molar-refractivity contribution is 0.0690. The number of carboxylic acid groups (broad SMARTS) is 1. The summed E-state index contributed by atoms with van der Waals surface area (Å²) in [5, 5.41) is 9.91. The van der Waals surface area contributed by atoms with Gasteiger partial charge in [0.2, 0.25) is 0 Å². The van der Waals surface area contributed by atoms with E-state index in [1.165, 1.54) is 12.4 Å². The first-order chi connectivity index (χ1) is 9.24. The Kier molecular flexibility index (Phi) is 2.64. The average Bonchev–Trinajstić information content (AvgIpc) is 2.47. The minimum absolute atomic E-state index is 0.0173. The van der Waals surface area contributed by atoms with Gasteiger partial charge in [-0.15, -0.1) is 0 Å². The zero-order chi connectivity index (χ0) is 13.2. The van der Waals surface area contributed by atoms with Crippen molar-refractivity contribution in [3.63, 3.8) is 0 Å². The van der Waals surface area contributed by atoms with E-state index in [9.17, 15) is 4.79 Å². The van der Waals surface area contributed by atoms with Gasteiger partial charge in [0.1, 0.15) is 6.33 Å². The van der Waals surface area contributed by atoms with Gasteiger partial charge in [-0.05, 0) is 24.3 Å². The zero-order valence-corrected chi connectivity index (χ0v) is 9.82. The molecule has 1 N–H and O–H groups in total. The molecule has 0 bridgehead atoms. The van der Waals surface area contributed by atoms with Crippen LogP contribution < -0.4 is 0 Å². The number of hydrogen-bond acceptors (Lipinski definition) is 4. The number of fused-ring (bicyclic) bond motifs is 1. The lowest BCUT2D eigenvalue weighted by atomic mass is 10.1. The molecule has 19 heavy (non-hydrogen) atoms. The lowest BCUT2D eigenvalue weighted by Gasteiger charge is -2.03. The monoisotopic (exact) mass is 251 g/mol. The van der Waals surface area contributed by atoms with Gasteiger partial charge in [-0.3, -0.25) is 4.98 Å². The molecular formula is C14H9N3O2. The van der Waals surface area contributed by atoms with Crippen LogP contribution in [0.5, 0.6) is 0 Å². The van der Waals surface area contributed by atoms with Crippen LogP contribution in [-0.4, -0.2) is 26.0 Å². The van der Waals surface area contributed by atoms with Crippen LogP contribution in [0.4, 0.5) is 0 Å². The van der Waals surface area contributed by atoms with Crippen molar-refractivity contribution in [1.29, 1.82) is 0 Å². The highest BCUT2D eigenvalue weighted by Gasteiger charge is 2.08. The van der Waals surface area contributed by atoms with Crippen molar-refractivity contribution < 1.29 is 9.90 Å². The maximum Gasteiger partial charge on any atom is 0.354 e. The molecule has 0 aliphatic rings. The third-order valence-corrected chi connectivity index (χ3v) is 2.78. The van der Waals surface area contributed by atoms with Gasteiger partial charge in [0.25, 0.3) is 0 Å². The standard InChI is InChI=1S/C14H9N3O2/c18-14(19)13-7-12(16-8-17-13)10-3-4-11-9(6-10)2-1-5-15-11/h1-8H,(H,18,19). The van der Waals surface area contributed by atoms with Crippen molar-refractivity contribution in [2.75, 3.05) is 0 Å². The van der Waals surface area contributed by atoms with Crippen LogP contribution >= 0.6 is 0 Å². The van der Waals surface area contributed by atoms with Crippen LogP contribution in [0.3, 0.4) is 0 Å². The van der Waals surface area contributed by atoms with Crippen LogP contribution in [0.1, 0.15) is 10.5 Å². The van der Waals surface area contributed by atoms with Crippen LogP contribution in [0.25, 0.3) is 22.2 Å². The van der Waals surface area contributed by atoms with E-state index >= 15 is 0 Å². The van der Waals surface area contributed by atoms with E-state index in [2.05, 4.69) is 15.0 Å². The quantitative estimate of drug-likeness (QED) is 0.756. The molecule has 0 saturated heterocycles. The van der Waals surface area contributed by atoms with Gasteiger partial charge >= 0.3 is 5.97 Å². The van der Waals surface area contributed by atoms with E-state index in [0.717, 1.165) is 16.5 Å². The number of carbonyl (C=O) groups is 1. The van der Waals surface area contributed by atoms with Crippen molar-refractivity contribution in [2.24, 2.45) is 0 Å². The first-order valence-electron chi connectivity index (χ1n) is 5.64. The van der Waals surface area contributed by atoms with E-state index in [1.807, 2.05) is 30.3 Å². The summed E-state index contributed by atoms with van der Waals surface area (Å²) in [6.45, 7) is 0. The molecule has 0 spiro atoms. The van der Waals surface area contributed by atoms with Crippen molar-refractivity contribution in [2.45, 2.75) is 0 Å². The molecule has 0 aliphatic carbocycles. The normalized spacial score (nSPS) is 10.5. The molecule has 3 rings (SSSR count). The van der Waals surface area contributed by atoms with Crippen LogP contribution in [0.2, 0.25) is 0 Å². The summed E-state index contributed by atoms with van der Waals surface area (Å²) in [7, 11) is 0. The van der Waals surface area contributed by atoms with Crippen molar-refractivity contribution in [3.8, 4) is 11.3 Å². The summed E-state index contributed by atoms with van der Waals surface area (Å²) in [5.74, 6) is -1.06. The smallest absolute Gasteiger partial charge is 0.354 e. The Bertz CT molecular complexity index is 771. The summed E-state index contributed by atoms with van der Waals surface area (Å²) in [6.07, 6.45) is 2.99. The highest BCUT2D eigenvalue weighted by Crippen LogP contribution is 2.21. The molecule has 0 amide bonds. The Morgan fingerprint density at radius 2 is 1.95 bits per heavy atom. The molecule has 5 nitrogen and oxygen atoms in total. The largest absolute Gasteiger partial charge is 0.477 e. The van der Waals surface area contributed by atoms with Gasteiger partial charge < -0.3 is 5.11 Å². The highest BCUT2D eigenvalue weighted by molar-refractivity contribution is 5.88. The van der Waals surface area contributed by atoms with Crippen molar-refractivity contribution in [3.05, 3.63) is 54.6 Å². The molecule has 92 valence electrons. The Labute approximate surface area is 108 Å². The minimum atomic E-state index is -1.06. The Hall–Kier alpha value is -2.82. The van der Waals surface area contributed by atoms with E-state index in [-0.39, 0.29) is 5.69 Å². The summed E-state index contributed by atoms with van der Waals surface area (Å²) in [5.41, 5.74) is 2.29. The minimum Gasteiger partial charge on any atom is -0.477 e. The molecule has 0 unspecified atom stereocenters. The molecule has 1 aromatic carbocycles. The second kappa shape index (κ2) is 4.45. The van der Waals surface area contributed by atoms with Gasteiger partial charge in [0.15, 0.2) is 5.69 Å². The molecule has 0 aliphatic heterocycles. The van der Waals surface area contributed by atoms with Crippen LogP contribution in [0, 0.1) is 0 Å². The summed E-state index contributed by atoms with van der Waals surface area (Å²) >= 11 is 0. The Morgan fingerprint density at radius 1 is 1.05 bits per heavy atom. The molecule has 2 heterocycles. The molecule has 0 fully saturated rings. The Balaban J connectivity index is 2.13. The van der Waals surface area contributed by atoms with E-state index in [4.69, 9.17) is 5.11 Å². The number of carboxylic acids is 1. The van der Waals surface area contributed by atoms with Gasteiger partial charge in [-0.2, -0.15) is 0 Å². The zero-order valence-electron chi connectivity index (χ0n) is 9.82. The van der Waals surface area contributed by atoms with Gasteiger partial charge in [0.05, 0.1) is 11.2 Å².